The molecule has 0 saturated carbocycles. The molecule has 0 bridgehead atoms. The number of likely N-dealkylation sites (N-methyl/N-ethyl adjacent to an activating group) is 1. The highest BCUT2D eigenvalue weighted by Crippen LogP contribution is 2.36. The SMILES string of the molecule is C=CCOc1ccc(/C=C2\SC(=Nc3ccc(Br)c(Cl)c3)N(CC)C2=O)cc1OCC. The molecular weight excluding hydrogens is 500 g/mol. The summed E-state index contributed by atoms with van der Waals surface area (Å²) in [5, 5.41) is 1.19. The van der Waals surface area contributed by atoms with Crippen LogP contribution in [0, 0.1) is 0 Å². The zero-order valence-corrected chi connectivity index (χ0v) is 20.4. The third-order valence-electron chi connectivity index (χ3n) is 4.25. The lowest BCUT2D eigenvalue weighted by atomic mass is 10.2. The number of halogens is 2. The van der Waals surface area contributed by atoms with Crippen LogP contribution in [-0.2, 0) is 4.79 Å². The molecule has 162 valence electrons. The summed E-state index contributed by atoms with van der Waals surface area (Å²) < 4.78 is 12.1. The van der Waals surface area contributed by atoms with Crippen LogP contribution in [0.25, 0.3) is 6.08 Å². The number of thioether (sulfide) groups is 1. The predicted octanol–water partition coefficient (Wildman–Crippen LogP) is 6.69. The number of benzene rings is 2. The van der Waals surface area contributed by atoms with E-state index in [1.165, 1.54) is 11.8 Å². The minimum Gasteiger partial charge on any atom is -0.490 e. The van der Waals surface area contributed by atoms with Crippen molar-refractivity contribution in [3.8, 4) is 11.5 Å². The monoisotopic (exact) mass is 520 g/mol. The Balaban J connectivity index is 1.91. The number of carbonyl (C=O) groups is 1. The quantitative estimate of drug-likeness (QED) is 0.287. The molecule has 0 unspecified atom stereocenters. The molecule has 0 radical (unpaired) electrons. The van der Waals surface area contributed by atoms with Gasteiger partial charge in [-0.05, 0) is 83.5 Å². The summed E-state index contributed by atoms with van der Waals surface area (Å²) in [7, 11) is 0. The number of rotatable bonds is 8. The van der Waals surface area contributed by atoms with Gasteiger partial charge in [0.15, 0.2) is 16.7 Å². The van der Waals surface area contributed by atoms with Gasteiger partial charge in [0.25, 0.3) is 5.91 Å². The van der Waals surface area contributed by atoms with Gasteiger partial charge in [0.05, 0.1) is 22.2 Å². The van der Waals surface area contributed by atoms with Crippen molar-refractivity contribution in [2.45, 2.75) is 13.8 Å². The molecule has 0 aromatic heterocycles. The Morgan fingerprint density at radius 2 is 2.00 bits per heavy atom. The van der Waals surface area contributed by atoms with Gasteiger partial charge in [-0.1, -0.05) is 30.3 Å². The number of hydrogen-bond donors (Lipinski definition) is 0. The van der Waals surface area contributed by atoms with Gasteiger partial charge in [-0.3, -0.25) is 9.69 Å². The lowest BCUT2D eigenvalue weighted by Gasteiger charge is -2.12. The van der Waals surface area contributed by atoms with Crippen molar-refractivity contribution in [2.75, 3.05) is 19.8 Å². The lowest BCUT2D eigenvalue weighted by molar-refractivity contribution is -0.122. The van der Waals surface area contributed by atoms with Crippen LogP contribution in [0.3, 0.4) is 0 Å². The van der Waals surface area contributed by atoms with E-state index < -0.39 is 0 Å². The van der Waals surface area contributed by atoms with Crippen molar-refractivity contribution in [2.24, 2.45) is 4.99 Å². The highest BCUT2D eigenvalue weighted by atomic mass is 79.9. The molecule has 31 heavy (non-hydrogen) atoms. The van der Waals surface area contributed by atoms with Crippen molar-refractivity contribution in [1.29, 1.82) is 0 Å². The number of aliphatic imine (C=N–C) groups is 1. The Morgan fingerprint density at radius 3 is 2.68 bits per heavy atom. The van der Waals surface area contributed by atoms with E-state index in [1.54, 1.807) is 17.0 Å². The molecule has 1 amide bonds. The van der Waals surface area contributed by atoms with E-state index in [2.05, 4.69) is 27.5 Å². The van der Waals surface area contributed by atoms with Crippen molar-refractivity contribution < 1.29 is 14.3 Å². The second-order valence-electron chi connectivity index (χ2n) is 6.39. The largest absolute Gasteiger partial charge is 0.490 e. The summed E-state index contributed by atoms with van der Waals surface area (Å²) in [6, 6.07) is 11.0. The first-order chi connectivity index (χ1) is 15.0. The molecule has 0 N–H and O–H groups in total. The molecule has 0 spiro atoms. The first-order valence-corrected chi connectivity index (χ1v) is 11.7. The van der Waals surface area contributed by atoms with E-state index in [0.717, 1.165) is 10.0 Å². The second kappa shape index (κ2) is 10.9. The average Bonchev–Trinajstić information content (AvgIpc) is 3.04. The summed E-state index contributed by atoms with van der Waals surface area (Å²) in [6.07, 6.45) is 3.52. The summed E-state index contributed by atoms with van der Waals surface area (Å²) >= 11 is 10.9. The third-order valence-corrected chi connectivity index (χ3v) is 6.49. The molecule has 1 fully saturated rings. The second-order valence-corrected chi connectivity index (χ2v) is 8.66. The molecule has 1 heterocycles. The average molecular weight is 522 g/mol. The van der Waals surface area contributed by atoms with Gasteiger partial charge in [0.1, 0.15) is 6.61 Å². The maximum atomic E-state index is 12.9. The van der Waals surface area contributed by atoms with E-state index >= 15 is 0 Å². The number of hydrogen-bond acceptors (Lipinski definition) is 5. The number of carbonyl (C=O) groups excluding carboxylic acids is 1. The molecule has 1 saturated heterocycles. The Labute approximate surface area is 199 Å². The summed E-state index contributed by atoms with van der Waals surface area (Å²) in [4.78, 5) is 19.8. The zero-order valence-electron chi connectivity index (χ0n) is 17.2. The van der Waals surface area contributed by atoms with Crippen molar-refractivity contribution in [3.63, 3.8) is 0 Å². The van der Waals surface area contributed by atoms with Gasteiger partial charge >= 0.3 is 0 Å². The third kappa shape index (κ3) is 5.73. The maximum absolute atomic E-state index is 12.9. The normalized spacial score (nSPS) is 16.3. The number of nitrogens with zero attached hydrogens (tertiary/aromatic N) is 2. The van der Waals surface area contributed by atoms with Gasteiger partial charge in [-0.25, -0.2) is 4.99 Å². The zero-order chi connectivity index (χ0) is 22.4. The standard InChI is InChI=1S/C23H22BrClN2O3S/c1-4-11-30-19-10-7-15(12-20(19)29-6-3)13-21-22(28)27(5-2)23(31-21)26-16-8-9-17(24)18(25)14-16/h4,7-10,12-14H,1,5-6,11H2,2-3H3/b21-13-,26-23?. The predicted molar refractivity (Wildman–Crippen MR) is 133 cm³/mol. The molecular formula is C23H22BrClN2O3S. The van der Waals surface area contributed by atoms with Gasteiger partial charge in [0.2, 0.25) is 0 Å². The summed E-state index contributed by atoms with van der Waals surface area (Å²) in [6.45, 7) is 8.91. The number of amidine groups is 1. The molecule has 1 aliphatic heterocycles. The first kappa shape index (κ1) is 23.4. The Hall–Kier alpha value is -2.22. The topological polar surface area (TPSA) is 51.1 Å². The Morgan fingerprint density at radius 1 is 1.19 bits per heavy atom. The van der Waals surface area contributed by atoms with Gasteiger partial charge in [-0.15, -0.1) is 0 Å². The smallest absolute Gasteiger partial charge is 0.266 e. The Kier molecular flexibility index (Phi) is 8.23. The van der Waals surface area contributed by atoms with Crippen molar-refractivity contribution >= 4 is 62.1 Å². The van der Waals surface area contributed by atoms with Gasteiger partial charge in [-0.2, -0.15) is 0 Å². The fourth-order valence-corrected chi connectivity index (χ4v) is 4.32. The molecule has 8 heteroatoms. The van der Waals surface area contributed by atoms with Crippen LogP contribution in [0.1, 0.15) is 19.4 Å². The summed E-state index contributed by atoms with van der Waals surface area (Å²) in [5.74, 6) is 1.18. The summed E-state index contributed by atoms with van der Waals surface area (Å²) in [5.41, 5.74) is 1.53. The maximum Gasteiger partial charge on any atom is 0.266 e. The van der Waals surface area contributed by atoms with E-state index in [1.807, 2.05) is 50.3 Å². The minimum absolute atomic E-state index is 0.0839. The fraction of sp³-hybridized carbons (Fsp3) is 0.217. The van der Waals surface area contributed by atoms with Crippen LogP contribution in [0.4, 0.5) is 5.69 Å². The minimum atomic E-state index is -0.0839. The fourth-order valence-electron chi connectivity index (χ4n) is 2.84. The van der Waals surface area contributed by atoms with Crippen LogP contribution >= 0.6 is 39.3 Å². The van der Waals surface area contributed by atoms with Crippen molar-refractivity contribution in [1.82, 2.24) is 4.90 Å². The number of amides is 1. The van der Waals surface area contributed by atoms with Crippen molar-refractivity contribution in [3.05, 3.63) is 69.0 Å². The molecule has 5 nitrogen and oxygen atoms in total. The first-order valence-electron chi connectivity index (χ1n) is 9.72. The molecule has 3 rings (SSSR count). The molecule has 2 aromatic rings. The van der Waals surface area contributed by atoms with Crippen LogP contribution in [0.5, 0.6) is 11.5 Å². The van der Waals surface area contributed by atoms with Crippen LogP contribution in [-0.4, -0.2) is 35.7 Å². The van der Waals surface area contributed by atoms with E-state index in [4.69, 9.17) is 21.1 Å². The highest BCUT2D eigenvalue weighted by molar-refractivity contribution is 9.10. The van der Waals surface area contributed by atoms with E-state index in [9.17, 15) is 4.79 Å². The molecule has 0 aliphatic carbocycles. The van der Waals surface area contributed by atoms with Crippen LogP contribution in [0.15, 0.2) is 63.4 Å². The molecule has 1 aliphatic rings. The highest BCUT2D eigenvalue weighted by Gasteiger charge is 2.32. The van der Waals surface area contributed by atoms with E-state index in [0.29, 0.717) is 52.0 Å². The van der Waals surface area contributed by atoms with Gasteiger partial charge < -0.3 is 9.47 Å². The van der Waals surface area contributed by atoms with Crippen LogP contribution < -0.4 is 9.47 Å². The van der Waals surface area contributed by atoms with E-state index in [-0.39, 0.29) is 5.91 Å². The molecule has 2 aromatic carbocycles. The molecule has 0 atom stereocenters. The van der Waals surface area contributed by atoms with Crippen LogP contribution in [0.2, 0.25) is 5.02 Å². The van der Waals surface area contributed by atoms with Gasteiger partial charge in [0, 0.05) is 11.0 Å². The lowest BCUT2D eigenvalue weighted by Crippen LogP contribution is -2.28. The number of ether oxygens (including phenoxy) is 2. The Bertz CT molecular complexity index is 1060.